The first-order valence-corrected chi connectivity index (χ1v) is 5.86. The van der Waals surface area contributed by atoms with Crippen molar-refractivity contribution in [2.24, 2.45) is 5.92 Å². The van der Waals surface area contributed by atoms with Gasteiger partial charge in [0.2, 0.25) is 0 Å². The molecular weight excluding hydrogens is 206 g/mol. The normalized spacial score (nSPS) is 26.3. The third-order valence-electron chi connectivity index (χ3n) is 3.44. The van der Waals surface area contributed by atoms with Gasteiger partial charge in [0.1, 0.15) is 6.04 Å². The van der Waals surface area contributed by atoms with E-state index in [1.807, 2.05) is 7.05 Å². The van der Waals surface area contributed by atoms with Gasteiger partial charge in [-0.3, -0.25) is 4.79 Å². The molecule has 1 aliphatic heterocycles. The summed E-state index contributed by atoms with van der Waals surface area (Å²) in [5.41, 5.74) is 0. The Morgan fingerprint density at radius 3 is 2.56 bits per heavy atom. The number of carboxylic acids is 1. The number of carboxylic acid groups (broad SMARTS) is 1. The van der Waals surface area contributed by atoms with Crippen LogP contribution in [0.4, 0.5) is 0 Å². The summed E-state index contributed by atoms with van der Waals surface area (Å²) in [7, 11) is 5.64. The van der Waals surface area contributed by atoms with Crippen LogP contribution in [0, 0.1) is 5.92 Å². The summed E-state index contributed by atoms with van der Waals surface area (Å²) in [5.74, 6) is -0.382. The van der Waals surface area contributed by atoms with E-state index in [0.29, 0.717) is 5.92 Å². The van der Waals surface area contributed by atoms with Crippen molar-refractivity contribution in [2.45, 2.75) is 24.9 Å². The Bertz CT molecular complexity index is 235. The van der Waals surface area contributed by atoms with Gasteiger partial charge in [-0.15, -0.1) is 0 Å². The smallest absolute Gasteiger partial charge is 0.322 e. The number of likely N-dealkylation sites (tertiary alicyclic amines) is 1. The van der Waals surface area contributed by atoms with E-state index in [9.17, 15) is 4.79 Å². The largest absolute Gasteiger partial charge is 0.480 e. The molecule has 3 N–H and O–H groups in total. The highest BCUT2D eigenvalue weighted by Gasteiger charge is 2.33. The van der Waals surface area contributed by atoms with Crippen LogP contribution in [0.2, 0.25) is 0 Å². The van der Waals surface area contributed by atoms with Crippen LogP contribution in [0.15, 0.2) is 0 Å². The van der Waals surface area contributed by atoms with Gasteiger partial charge in [-0.05, 0) is 46.4 Å². The van der Waals surface area contributed by atoms with E-state index in [2.05, 4.69) is 22.6 Å². The van der Waals surface area contributed by atoms with E-state index in [1.54, 1.807) is 7.05 Å². The van der Waals surface area contributed by atoms with Crippen molar-refractivity contribution in [1.29, 1.82) is 0 Å². The van der Waals surface area contributed by atoms with E-state index in [-0.39, 0.29) is 6.04 Å². The first-order valence-electron chi connectivity index (χ1n) is 5.86. The van der Waals surface area contributed by atoms with Gasteiger partial charge in [0.05, 0.1) is 0 Å². The fourth-order valence-electron chi connectivity index (χ4n) is 2.63. The van der Waals surface area contributed by atoms with Crippen molar-refractivity contribution in [3.8, 4) is 0 Å². The van der Waals surface area contributed by atoms with Crippen LogP contribution < -0.4 is 10.6 Å². The Morgan fingerprint density at radius 2 is 2.12 bits per heavy atom. The summed E-state index contributed by atoms with van der Waals surface area (Å²) >= 11 is 0. The average molecular weight is 229 g/mol. The van der Waals surface area contributed by atoms with Gasteiger partial charge < -0.3 is 20.6 Å². The molecule has 0 aliphatic carbocycles. The van der Waals surface area contributed by atoms with Crippen LogP contribution >= 0.6 is 0 Å². The van der Waals surface area contributed by atoms with E-state index in [4.69, 9.17) is 5.11 Å². The summed E-state index contributed by atoms with van der Waals surface area (Å²) in [6, 6.07) is -0.522. The summed E-state index contributed by atoms with van der Waals surface area (Å²) in [6.45, 7) is 2.08. The first-order chi connectivity index (χ1) is 7.60. The second-order valence-corrected chi connectivity index (χ2v) is 4.58. The van der Waals surface area contributed by atoms with Gasteiger partial charge in [-0.25, -0.2) is 0 Å². The topological polar surface area (TPSA) is 64.6 Å². The highest BCUT2D eigenvalue weighted by atomic mass is 16.4. The van der Waals surface area contributed by atoms with Crippen molar-refractivity contribution in [3.63, 3.8) is 0 Å². The Balaban J connectivity index is 2.67. The molecule has 0 radical (unpaired) electrons. The molecule has 3 atom stereocenters. The molecule has 1 fully saturated rings. The van der Waals surface area contributed by atoms with Crippen LogP contribution in [0.1, 0.15) is 12.8 Å². The minimum Gasteiger partial charge on any atom is -0.480 e. The van der Waals surface area contributed by atoms with Crippen LogP contribution in [-0.4, -0.2) is 62.3 Å². The molecule has 0 saturated carbocycles. The molecule has 0 aromatic heterocycles. The molecule has 0 aromatic rings. The molecule has 0 aromatic carbocycles. The van der Waals surface area contributed by atoms with E-state index in [1.165, 1.54) is 0 Å². The summed E-state index contributed by atoms with van der Waals surface area (Å²) < 4.78 is 0. The van der Waals surface area contributed by atoms with Crippen LogP contribution in [-0.2, 0) is 4.79 Å². The van der Waals surface area contributed by atoms with E-state index < -0.39 is 12.0 Å². The Hall–Kier alpha value is -0.650. The average Bonchev–Trinajstić information content (AvgIpc) is 2.25. The SMILES string of the molecule is CNC(C(=O)O)C(NC)C1CCCN(C)C1. The maximum absolute atomic E-state index is 11.1. The fourth-order valence-corrected chi connectivity index (χ4v) is 2.63. The number of hydrogen-bond donors (Lipinski definition) is 3. The standard InChI is InChI=1S/C11H23N3O2/c1-12-9(10(13-2)11(15)16)8-5-4-6-14(3)7-8/h8-10,12-13H,4-7H2,1-3H3,(H,15,16). The maximum Gasteiger partial charge on any atom is 0.322 e. The second-order valence-electron chi connectivity index (χ2n) is 4.58. The third kappa shape index (κ3) is 3.17. The minimum absolute atomic E-state index is 0.00903. The molecule has 1 rings (SSSR count). The van der Waals surface area contributed by atoms with Gasteiger partial charge in [0, 0.05) is 12.6 Å². The van der Waals surface area contributed by atoms with Crippen LogP contribution in [0.5, 0.6) is 0 Å². The van der Waals surface area contributed by atoms with Gasteiger partial charge >= 0.3 is 5.97 Å². The Morgan fingerprint density at radius 1 is 1.44 bits per heavy atom. The summed E-state index contributed by atoms with van der Waals surface area (Å²) in [5, 5.41) is 15.2. The molecule has 94 valence electrons. The van der Waals surface area contributed by atoms with Gasteiger partial charge in [0.25, 0.3) is 0 Å². The number of aliphatic carboxylic acids is 1. The van der Waals surface area contributed by atoms with Gasteiger partial charge in [-0.1, -0.05) is 0 Å². The molecule has 5 nitrogen and oxygen atoms in total. The van der Waals surface area contributed by atoms with Crippen LogP contribution in [0.25, 0.3) is 0 Å². The predicted octanol–water partition coefficient (Wildman–Crippen LogP) is -0.411. The van der Waals surface area contributed by atoms with E-state index in [0.717, 1.165) is 25.9 Å². The summed E-state index contributed by atoms with van der Waals surface area (Å²) in [6.07, 6.45) is 2.25. The molecule has 3 unspecified atom stereocenters. The predicted molar refractivity (Wildman–Crippen MR) is 63.6 cm³/mol. The molecule has 16 heavy (non-hydrogen) atoms. The number of piperidine rings is 1. The number of nitrogens with zero attached hydrogens (tertiary/aromatic N) is 1. The van der Waals surface area contributed by atoms with Crippen molar-refractivity contribution >= 4 is 5.97 Å². The Labute approximate surface area is 97.2 Å². The number of likely N-dealkylation sites (N-methyl/N-ethyl adjacent to an activating group) is 2. The molecule has 1 aliphatic rings. The van der Waals surface area contributed by atoms with Crippen molar-refractivity contribution in [2.75, 3.05) is 34.2 Å². The van der Waals surface area contributed by atoms with Crippen molar-refractivity contribution < 1.29 is 9.90 Å². The lowest BCUT2D eigenvalue weighted by Gasteiger charge is -2.37. The zero-order valence-electron chi connectivity index (χ0n) is 10.4. The van der Waals surface area contributed by atoms with Gasteiger partial charge in [-0.2, -0.15) is 0 Å². The highest BCUT2D eigenvalue weighted by Crippen LogP contribution is 2.20. The molecule has 0 amide bonds. The lowest BCUT2D eigenvalue weighted by atomic mass is 9.86. The van der Waals surface area contributed by atoms with Gasteiger partial charge in [0.15, 0.2) is 0 Å². The second kappa shape index (κ2) is 6.18. The zero-order chi connectivity index (χ0) is 12.1. The molecule has 0 spiro atoms. The molecule has 0 bridgehead atoms. The maximum atomic E-state index is 11.1. The molecule has 1 saturated heterocycles. The quantitative estimate of drug-likeness (QED) is 0.598. The lowest BCUT2D eigenvalue weighted by Crippen LogP contribution is -2.56. The number of nitrogens with one attached hydrogen (secondary N) is 2. The summed E-state index contributed by atoms with van der Waals surface area (Å²) in [4.78, 5) is 13.4. The minimum atomic E-state index is -0.782. The first kappa shape index (κ1) is 13.4. The lowest BCUT2D eigenvalue weighted by molar-refractivity contribution is -0.140. The number of carbonyl (C=O) groups is 1. The molecule has 1 heterocycles. The van der Waals surface area contributed by atoms with Crippen molar-refractivity contribution in [1.82, 2.24) is 15.5 Å². The fraction of sp³-hybridized carbons (Fsp3) is 0.909. The van der Waals surface area contributed by atoms with Crippen LogP contribution in [0.3, 0.4) is 0 Å². The Kier molecular flexibility index (Phi) is 5.18. The number of rotatable bonds is 5. The molecular formula is C11H23N3O2. The molecule has 5 heteroatoms. The zero-order valence-corrected chi connectivity index (χ0v) is 10.4. The van der Waals surface area contributed by atoms with E-state index >= 15 is 0 Å². The number of hydrogen-bond acceptors (Lipinski definition) is 4. The monoisotopic (exact) mass is 229 g/mol. The van der Waals surface area contributed by atoms with Crippen molar-refractivity contribution in [3.05, 3.63) is 0 Å². The third-order valence-corrected chi connectivity index (χ3v) is 3.44. The highest BCUT2D eigenvalue weighted by molar-refractivity contribution is 5.74.